The van der Waals surface area contributed by atoms with E-state index in [0.717, 1.165) is 38.2 Å². The molecule has 0 bridgehead atoms. The van der Waals surface area contributed by atoms with Crippen molar-refractivity contribution in [1.29, 1.82) is 0 Å². The summed E-state index contributed by atoms with van der Waals surface area (Å²) < 4.78 is 0. The molecule has 178 valence electrons. The minimum absolute atomic E-state index is 0.00148. The first-order chi connectivity index (χ1) is 18.2. The first-order valence-electron chi connectivity index (χ1n) is 12.3. The smallest absolute Gasteiger partial charge is 0.171 e. The van der Waals surface area contributed by atoms with Crippen LogP contribution in [0.2, 0.25) is 0 Å². The highest BCUT2D eigenvalue weighted by Gasteiger charge is 2.27. The molecule has 1 unspecified atom stereocenters. The van der Waals surface area contributed by atoms with Gasteiger partial charge < -0.3 is 5.32 Å². The van der Waals surface area contributed by atoms with E-state index in [-0.39, 0.29) is 23.9 Å². The molecular weight excluding hydrogens is 456 g/mol. The molecule has 0 amide bonds. The van der Waals surface area contributed by atoms with E-state index in [0.29, 0.717) is 5.56 Å². The summed E-state index contributed by atoms with van der Waals surface area (Å²) in [6.07, 6.45) is 9.33. The molecule has 0 saturated carbocycles. The number of ketones is 2. The quantitative estimate of drug-likeness (QED) is 0.383. The summed E-state index contributed by atoms with van der Waals surface area (Å²) in [5.41, 5.74) is 4.93. The molecule has 0 spiro atoms. The normalized spacial score (nSPS) is 16.3. The van der Waals surface area contributed by atoms with E-state index in [2.05, 4.69) is 46.7 Å². The number of anilines is 1. The maximum atomic E-state index is 12.8. The highest BCUT2D eigenvalue weighted by molar-refractivity contribution is 6.22. The van der Waals surface area contributed by atoms with Gasteiger partial charge in [0.05, 0.1) is 17.8 Å². The second-order valence-corrected chi connectivity index (χ2v) is 9.14. The van der Waals surface area contributed by atoms with Crippen molar-refractivity contribution in [1.82, 2.24) is 0 Å². The number of carbonyl (C=O) groups is 2. The second kappa shape index (κ2) is 9.67. The minimum atomic E-state index is -0.112. The van der Waals surface area contributed by atoms with E-state index in [9.17, 15) is 9.59 Å². The molecule has 2 aliphatic carbocycles. The molecule has 0 saturated heterocycles. The number of rotatable bonds is 1. The second-order valence-electron chi connectivity index (χ2n) is 9.14. The number of carbonyl (C=O) groups excluding carboxylic acids is 2. The fourth-order valence-electron chi connectivity index (χ4n) is 5.18. The molecule has 3 aliphatic rings. The summed E-state index contributed by atoms with van der Waals surface area (Å²) in [5, 5.41) is 7.28. The third-order valence-electron chi connectivity index (χ3n) is 6.81. The standard InChI is InChI=1S/C24H16O2.C9H8N2/c25-18-12-17-10-11-20-19-9-5-4-8-16(19)13-21(15-6-2-1-3-7-15)24(20)23(17)22(26)14-18;1-2-5-9-8(4-1)10-6-3-7-11-9/h1-13,21H,14H2;1-7,10H. The van der Waals surface area contributed by atoms with E-state index < -0.39 is 0 Å². The number of hydrogen-bond acceptors (Lipinski definition) is 4. The molecule has 4 nitrogen and oxygen atoms in total. The first-order valence-corrected chi connectivity index (χ1v) is 12.3. The van der Waals surface area contributed by atoms with Crippen molar-refractivity contribution in [2.45, 2.75) is 12.3 Å². The van der Waals surface area contributed by atoms with Crippen LogP contribution < -0.4 is 15.8 Å². The number of allylic oxidation sites excluding steroid dienone is 1. The molecule has 1 heterocycles. The molecule has 1 N–H and O–H groups in total. The van der Waals surface area contributed by atoms with Gasteiger partial charge in [-0.15, -0.1) is 0 Å². The molecule has 37 heavy (non-hydrogen) atoms. The molecule has 1 atom stereocenters. The zero-order valence-electron chi connectivity index (χ0n) is 20.1. The molecule has 0 fully saturated rings. The van der Waals surface area contributed by atoms with Crippen LogP contribution in [0.25, 0.3) is 12.2 Å². The number of nitrogens with one attached hydrogen (secondary N) is 1. The SMILES string of the molecule is C1=CNc2ccccc2N=C1.O=C1C=c2ccc3c(c2C(=O)C1)C(c1ccccc1)C=c1ccccc1=3. The summed E-state index contributed by atoms with van der Waals surface area (Å²) in [7, 11) is 0. The highest BCUT2D eigenvalue weighted by atomic mass is 16.1. The van der Waals surface area contributed by atoms with Gasteiger partial charge in [0.25, 0.3) is 0 Å². The number of aliphatic imine (C=N–C) groups is 1. The van der Waals surface area contributed by atoms with Gasteiger partial charge in [-0.3, -0.25) is 14.6 Å². The lowest BCUT2D eigenvalue weighted by molar-refractivity contribution is -0.112. The van der Waals surface area contributed by atoms with Gasteiger partial charge in [0, 0.05) is 23.9 Å². The summed E-state index contributed by atoms with van der Waals surface area (Å²) in [4.78, 5) is 28.9. The van der Waals surface area contributed by atoms with Crippen LogP contribution in [0, 0.1) is 10.4 Å². The lowest BCUT2D eigenvalue weighted by Crippen LogP contribution is -2.29. The van der Waals surface area contributed by atoms with Crippen molar-refractivity contribution in [3.8, 4) is 0 Å². The van der Waals surface area contributed by atoms with Crippen molar-refractivity contribution in [3.63, 3.8) is 0 Å². The molecular formula is C33H24N2O2. The lowest BCUT2D eigenvalue weighted by Gasteiger charge is -2.23. The first kappa shape index (κ1) is 22.6. The monoisotopic (exact) mass is 480 g/mol. The number of nitrogens with zero attached hydrogens (tertiary/aromatic N) is 1. The van der Waals surface area contributed by atoms with Crippen LogP contribution >= 0.6 is 0 Å². The van der Waals surface area contributed by atoms with Gasteiger partial charge in [-0.1, -0.05) is 84.9 Å². The minimum Gasteiger partial charge on any atom is -0.360 e. The maximum Gasteiger partial charge on any atom is 0.171 e. The molecule has 0 radical (unpaired) electrons. The Labute approximate surface area is 214 Å². The molecule has 4 heteroatoms. The summed E-state index contributed by atoms with van der Waals surface area (Å²) in [5.74, 6) is -0.182. The maximum absolute atomic E-state index is 12.8. The molecule has 1 aliphatic heterocycles. The highest BCUT2D eigenvalue weighted by Crippen LogP contribution is 2.32. The van der Waals surface area contributed by atoms with Crippen LogP contribution in [0.5, 0.6) is 0 Å². The average Bonchev–Trinajstić information content (AvgIpc) is 3.18. The predicted molar refractivity (Wildman–Crippen MR) is 148 cm³/mol. The summed E-state index contributed by atoms with van der Waals surface area (Å²) >= 11 is 0. The van der Waals surface area contributed by atoms with Crippen LogP contribution in [-0.2, 0) is 4.79 Å². The third kappa shape index (κ3) is 4.34. The van der Waals surface area contributed by atoms with Gasteiger partial charge >= 0.3 is 0 Å². The fraction of sp³-hybridized carbons (Fsp3) is 0.0606. The van der Waals surface area contributed by atoms with Crippen LogP contribution in [-0.4, -0.2) is 17.8 Å². The molecule has 4 aromatic carbocycles. The van der Waals surface area contributed by atoms with Crippen LogP contribution in [0.4, 0.5) is 11.4 Å². The van der Waals surface area contributed by atoms with Crippen molar-refractivity contribution in [2.75, 3.05) is 5.32 Å². The van der Waals surface area contributed by atoms with Gasteiger partial charge in [0.1, 0.15) is 0 Å². The summed E-state index contributed by atoms with van der Waals surface area (Å²) in [6, 6.07) is 30.4. The third-order valence-corrected chi connectivity index (χ3v) is 6.81. The average molecular weight is 481 g/mol. The molecule has 4 aromatic rings. The van der Waals surface area contributed by atoms with Crippen LogP contribution in [0.1, 0.15) is 33.8 Å². The Bertz CT molecular complexity index is 1820. The van der Waals surface area contributed by atoms with Crippen molar-refractivity contribution >= 4 is 41.3 Å². The number of benzene rings is 4. The number of hydrogen-bond donors (Lipinski definition) is 1. The number of para-hydroxylation sites is 2. The Hall–Kier alpha value is -4.83. The van der Waals surface area contributed by atoms with Crippen molar-refractivity contribution < 1.29 is 9.59 Å². The topological polar surface area (TPSA) is 58.5 Å². The van der Waals surface area contributed by atoms with E-state index in [4.69, 9.17) is 0 Å². The Balaban J connectivity index is 0.000000191. The van der Waals surface area contributed by atoms with Gasteiger partial charge in [0.15, 0.2) is 11.6 Å². The van der Waals surface area contributed by atoms with E-state index in [1.807, 2.05) is 72.9 Å². The van der Waals surface area contributed by atoms with E-state index in [1.165, 1.54) is 5.22 Å². The van der Waals surface area contributed by atoms with Crippen molar-refractivity contribution in [3.05, 3.63) is 141 Å². The number of Topliss-reactive ketones (excluding diaryl/α,β-unsaturated/α-hetero) is 2. The van der Waals surface area contributed by atoms with Crippen LogP contribution in [0.15, 0.2) is 108 Å². The molecule has 0 aromatic heterocycles. The Morgan fingerprint density at radius 2 is 1.54 bits per heavy atom. The summed E-state index contributed by atoms with van der Waals surface area (Å²) in [6.45, 7) is 0. The Kier molecular flexibility index (Phi) is 5.91. The largest absolute Gasteiger partial charge is 0.360 e. The van der Waals surface area contributed by atoms with E-state index in [1.54, 1.807) is 12.3 Å². The van der Waals surface area contributed by atoms with Crippen molar-refractivity contribution in [2.24, 2.45) is 4.99 Å². The van der Waals surface area contributed by atoms with Gasteiger partial charge in [-0.25, -0.2) is 0 Å². The van der Waals surface area contributed by atoms with E-state index >= 15 is 0 Å². The molecule has 7 rings (SSSR count). The van der Waals surface area contributed by atoms with Gasteiger partial charge in [0.2, 0.25) is 0 Å². The zero-order chi connectivity index (χ0) is 25.2. The number of fused-ring (bicyclic) bond motifs is 5. The predicted octanol–water partition coefficient (Wildman–Crippen LogP) is 5.16. The Morgan fingerprint density at radius 3 is 2.43 bits per heavy atom. The lowest BCUT2D eigenvalue weighted by atomic mass is 9.79. The van der Waals surface area contributed by atoms with Crippen LogP contribution in [0.3, 0.4) is 0 Å². The van der Waals surface area contributed by atoms with Gasteiger partial charge in [-0.2, -0.15) is 0 Å². The van der Waals surface area contributed by atoms with Gasteiger partial charge in [-0.05, 0) is 56.3 Å². The zero-order valence-corrected chi connectivity index (χ0v) is 20.1. The fourth-order valence-corrected chi connectivity index (χ4v) is 5.18. The Morgan fingerprint density at radius 1 is 0.757 bits per heavy atom.